The first-order valence-corrected chi connectivity index (χ1v) is 6.82. The highest BCUT2D eigenvalue weighted by Crippen LogP contribution is 1.94. The van der Waals surface area contributed by atoms with Crippen molar-refractivity contribution >= 4 is 10.0 Å². The molecule has 1 atom stereocenters. The molecule has 0 aliphatic carbocycles. The Labute approximate surface area is 92.6 Å². The van der Waals surface area contributed by atoms with E-state index in [1.165, 1.54) is 0 Å². The van der Waals surface area contributed by atoms with Crippen molar-refractivity contribution in [2.45, 2.75) is 25.9 Å². The zero-order valence-corrected chi connectivity index (χ0v) is 10.6. The van der Waals surface area contributed by atoms with Crippen LogP contribution in [0.5, 0.6) is 0 Å². The van der Waals surface area contributed by atoms with Gasteiger partial charge in [0.25, 0.3) is 0 Å². The molecule has 0 aliphatic rings. The second kappa shape index (κ2) is 8.04. The molecule has 6 heteroatoms. The largest absolute Gasteiger partial charge is 0.380 e. The second-order valence-corrected chi connectivity index (χ2v) is 5.45. The molecule has 0 rings (SSSR count). The normalized spacial score (nSPS) is 14.1. The summed E-state index contributed by atoms with van der Waals surface area (Å²) in [6.07, 6.45) is 1.46. The second-order valence-electron chi connectivity index (χ2n) is 3.52. The number of sulfonamides is 1. The van der Waals surface area contributed by atoms with E-state index in [-0.39, 0.29) is 11.9 Å². The van der Waals surface area contributed by atoms with Crippen LogP contribution < -0.4 is 10.0 Å². The van der Waals surface area contributed by atoms with E-state index in [4.69, 9.17) is 4.74 Å². The minimum Gasteiger partial charge on any atom is -0.380 e. The van der Waals surface area contributed by atoms with Crippen LogP contribution in [0.25, 0.3) is 0 Å². The van der Waals surface area contributed by atoms with E-state index in [1.54, 1.807) is 7.11 Å². The van der Waals surface area contributed by atoms with Gasteiger partial charge in [-0.1, -0.05) is 0 Å². The molecular weight excluding hydrogens is 216 g/mol. The van der Waals surface area contributed by atoms with Crippen molar-refractivity contribution in [3.8, 4) is 0 Å². The van der Waals surface area contributed by atoms with Gasteiger partial charge in [-0.05, 0) is 33.4 Å². The number of rotatable bonds is 9. The van der Waals surface area contributed by atoms with Crippen LogP contribution in [0.15, 0.2) is 0 Å². The van der Waals surface area contributed by atoms with Gasteiger partial charge in [-0.25, -0.2) is 13.1 Å². The lowest BCUT2D eigenvalue weighted by Crippen LogP contribution is -2.33. The summed E-state index contributed by atoms with van der Waals surface area (Å²) in [6.45, 7) is 3.01. The van der Waals surface area contributed by atoms with E-state index < -0.39 is 10.0 Å². The van der Waals surface area contributed by atoms with Crippen molar-refractivity contribution in [3.05, 3.63) is 0 Å². The summed E-state index contributed by atoms with van der Waals surface area (Å²) in [5.74, 6) is 0.186. The number of methoxy groups -OCH3 is 1. The summed E-state index contributed by atoms with van der Waals surface area (Å²) in [6, 6.07) is 0. The highest BCUT2D eigenvalue weighted by molar-refractivity contribution is 7.89. The summed E-state index contributed by atoms with van der Waals surface area (Å²) in [4.78, 5) is 0. The van der Waals surface area contributed by atoms with Gasteiger partial charge in [0.05, 0.1) is 11.9 Å². The van der Waals surface area contributed by atoms with Crippen molar-refractivity contribution in [2.75, 3.05) is 33.0 Å². The monoisotopic (exact) mass is 238 g/mol. The van der Waals surface area contributed by atoms with Crippen LogP contribution in [0.2, 0.25) is 0 Å². The third kappa shape index (κ3) is 8.80. The minimum atomic E-state index is -3.12. The predicted molar refractivity (Wildman–Crippen MR) is 61.4 cm³/mol. The smallest absolute Gasteiger partial charge is 0.211 e. The summed E-state index contributed by atoms with van der Waals surface area (Å²) in [7, 11) is 0.291. The van der Waals surface area contributed by atoms with E-state index in [0.29, 0.717) is 13.0 Å². The molecule has 0 fully saturated rings. The lowest BCUT2D eigenvalue weighted by molar-refractivity contribution is 0.122. The molecule has 0 amide bonds. The van der Waals surface area contributed by atoms with Gasteiger partial charge < -0.3 is 10.1 Å². The van der Waals surface area contributed by atoms with Gasteiger partial charge in [-0.15, -0.1) is 0 Å². The maximum Gasteiger partial charge on any atom is 0.211 e. The van der Waals surface area contributed by atoms with E-state index in [0.717, 1.165) is 13.0 Å². The summed E-state index contributed by atoms with van der Waals surface area (Å²) in [5.41, 5.74) is 0. The van der Waals surface area contributed by atoms with Crippen LogP contribution in [-0.2, 0) is 14.8 Å². The van der Waals surface area contributed by atoms with Gasteiger partial charge >= 0.3 is 0 Å². The maximum absolute atomic E-state index is 11.4. The summed E-state index contributed by atoms with van der Waals surface area (Å²) < 4.78 is 30.3. The van der Waals surface area contributed by atoms with Crippen LogP contribution in [0, 0.1) is 0 Å². The molecule has 0 heterocycles. The van der Waals surface area contributed by atoms with Crippen LogP contribution in [0.4, 0.5) is 0 Å². The van der Waals surface area contributed by atoms with Crippen molar-refractivity contribution in [2.24, 2.45) is 0 Å². The molecule has 15 heavy (non-hydrogen) atoms. The SMILES string of the molecule is CNCCCCS(=O)(=O)NCC(C)OC. The first-order valence-electron chi connectivity index (χ1n) is 5.16. The van der Waals surface area contributed by atoms with Gasteiger partial charge in [0.1, 0.15) is 0 Å². The Morgan fingerprint density at radius 1 is 1.33 bits per heavy atom. The number of unbranched alkanes of at least 4 members (excludes halogenated alkanes) is 1. The van der Waals surface area contributed by atoms with Crippen molar-refractivity contribution < 1.29 is 13.2 Å². The highest BCUT2D eigenvalue weighted by atomic mass is 32.2. The van der Waals surface area contributed by atoms with Crippen molar-refractivity contribution in [1.29, 1.82) is 0 Å². The Morgan fingerprint density at radius 2 is 2.00 bits per heavy atom. The fourth-order valence-electron chi connectivity index (χ4n) is 0.994. The molecule has 0 bridgehead atoms. The fraction of sp³-hybridized carbons (Fsp3) is 1.00. The van der Waals surface area contributed by atoms with Gasteiger partial charge in [-0.3, -0.25) is 0 Å². The predicted octanol–water partition coefficient (Wildman–Crippen LogP) is -0.0597. The number of ether oxygens (including phenoxy) is 1. The number of hydrogen-bond acceptors (Lipinski definition) is 4. The molecule has 0 aromatic heterocycles. The Balaban J connectivity index is 3.68. The van der Waals surface area contributed by atoms with E-state index >= 15 is 0 Å². The average molecular weight is 238 g/mol. The molecule has 0 saturated heterocycles. The van der Waals surface area contributed by atoms with Gasteiger partial charge in [-0.2, -0.15) is 0 Å². The molecule has 0 spiro atoms. The lowest BCUT2D eigenvalue weighted by Gasteiger charge is -2.11. The van der Waals surface area contributed by atoms with Gasteiger partial charge in [0.2, 0.25) is 10.0 Å². The topological polar surface area (TPSA) is 67.4 Å². The molecule has 0 aromatic carbocycles. The zero-order chi connectivity index (χ0) is 11.7. The number of hydrogen-bond donors (Lipinski definition) is 2. The number of nitrogens with one attached hydrogen (secondary N) is 2. The third-order valence-electron chi connectivity index (χ3n) is 2.08. The van der Waals surface area contributed by atoms with Crippen LogP contribution in [-0.4, -0.2) is 47.5 Å². The van der Waals surface area contributed by atoms with E-state index in [2.05, 4.69) is 10.0 Å². The molecule has 5 nitrogen and oxygen atoms in total. The molecule has 0 aromatic rings. The molecule has 1 unspecified atom stereocenters. The van der Waals surface area contributed by atoms with Crippen molar-refractivity contribution in [1.82, 2.24) is 10.0 Å². The molecule has 0 radical (unpaired) electrons. The Morgan fingerprint density at radius 3 is 2.53 bits per heavy atom. The quantitative estimate of drug-likeness (QED) is 0.552. The zero-order valence-electron chi connectivity index (χ0n) is 9.75. The van der Waals surface area contributed by atoms with Crippen LogP contribution in [0.3, 0.4) is 0 Å². The first-order chi connectivity index (χ1) is 7.02. The summed E-state index contributed by atoms with van der Waals surface area (Å²) >= 11 is 0. The molecule has 2 N–H and O–H groups in total. The Bertz CT molecular complexity index is 242. The average Bonchev–Trinajstić information content (AvgIpc) is 2.21. The van der Waals surface area contributed by atoms with Crippen molar-refractivity contribution in [3.63, 3.8) is 0 Å². The lowest BCUT2D eigenvalue weighted by atomic mass is 10.3. The van der Waals surface area contributed by atoms with Crippen LogP contribution in [0.1, 0.15) is 19.8 Å². The third-order valence-corrected chi connectivity index (χ3v) is 3.52. The van der Waals surface area contributed by atoms with Gasteiger partial charge in [0, 0.05) is 13.7 Å². The Kier molecular flexibility index (Phi) is 7.95. The van der Waals surface area contributed by atoms with E-state index in [9.17, 15) is 8.42 Å². The fourth-order valence-corrected chi connectivity index (χ4v) is 2.21. The summed E-state index contributed by atoms with van der Waals surface area (Å²) in [5, 5.41) is 2.98. The van der Waals surface area contributed by atoms with Gasteiger partial charge in [0.15, 0.2) is 0 Å². The van der Waals surface area contributed by atoms with Crippen LogP contribution >= 0.6 is 0 Å². The minimum absolute atomic E-state index is 0.0860. The van der Waals surface area contributed by atoms with E-state index in [1.807, 2.05) is 14.0 Å². The maximum atomic E-state index is 11.4. The Hall–Kier alpha value is -0.170. The highest BCUT2D eigenvalue weighted by Gasteiger charge is 2.10. The molecule has 0 aliphatic heterocycles. The molecule has 0 saturated carbocycles. The standard InChI is InChI=1S/C9H22N2O3S/c1-9(14-3)8-11-15(12,13)7-5-4-6-10-2/h9-11H,4-8H2,1-3H3. The molecular formula is C9H22N2O3S. The molecule has 92 valence electrons. The first kappa shape index (κ1) is 14.8.